The van der Waals surface area contributed by atoms with Gasteiger partial charge in [0.25, 0.3) is 0 Å². The Bertz CT molecular complexity index is 606. The number of thiazole rings is 1. The lowest BCUT2D eigenvalue weighted by Gasteiger charge is -2.19. The van der Waals surface area contributed by atoms with Gasteiger partial charge in [-0.3, -0.25) is 0 Å². The van der Waals surface area contributed by atoms with Crippen LogP contribution in [0.2, 0.25) is 0 Å². The predicted molar refractivity (Wildman–Crippen MR) is 90.1 cm³/mol. The van der Waals surface area contributed by atoms with Crippen molar-refractivity contribution in [1.29, 1.82) is 0 Å². The summed E-state index contributed by atoms with van der Waals surface area (Å²) < 4.78 is 0. The van der Waals surface area contributed by atoms with Crippen molar-refractivity contribution in [3.63, 3.8) is 0 Å². The molecule has 0 saturated heterocycles. The summed E-state index contributed by atoms with van der Waals surface area (Å²) in [4.78, 5) is 8.73. The first-order chi connectivity index (χ1) is 10.3. The van der Waals surface area contributed by atoms with Gasteiger partial charge >= 0.3 is 0 Å². The number of hydrogen-bond donors (Lipinski definition) is 1. The summed E-state index contributed by atoms with van der Waals surface area (Å²) in [6.45, 7) is 5.21. The number of nitrogens with zero attached hydrogens (tertiary/aromatic N) is 2. The van der Waals surface area contributed by atoms with Crippen molar-refractivity contribution in [2.75, 3.05) is 18.5 Å². The van der Waals surface area contributed by atoms with Crippen molar-refractivity contribution in [2.24, 2.45) is 0 Å². The third-order valence-corrected chi connectivity index (χ3v) is 5.22. The molecule has 112 valence electrons. The second-order valence-electron chi connectivity index (χ2n) is 5.54. The van der Waals surface area contributed by atoms with Crippen molar-refractivity contribution in [1.82, 2.24) is 10.3 Å². The number of hydrogen-bond acceptors (Lipinski definition) is 4. The molecule has 1 N–H and O–H groups in total. The summed E-state index contributed by atoms with van der Waals surface area (Å²) in [5.74, 6) is 0. The number of aromatic nitrogens is 1. The number of fused-ring (bicyclic) bond motifs is 1. The number of aryl methyl sites for hydroxylation is 2. The van der Waals surface area contributed by atoms with E-state index < -0.39 is 0 Å². The van der Waals surface area contributed by atoms with Gasteiger partial charge in [-0.1, -0.05) is 31.2 Å². The van der Waals surface area contributed by atoms with Crippen molar-refractivity contribution in [2.45, 2.75) is 39.3 Å². The van der Waals surface area contributed by atoms with Crippen LogP contribution in [0.4, 0.5) is 5.13 Å². The summed E-state index contributed by atoms with van der Waals surface area (Å²) in [6, 6.07) is 8.83. The highest BCUT2D eigenvalue weighted by Crippen LogP contribution is 2.30. The lowest BCUT2D eigenvalue weighted by atomic mass is 10.0. The number of benzene rings is 1. The lowest BCUT2D eigenvalue weighted by Crippen LogP contribution is -2.22. The van der Waals surface area contributed by atoms with Crippen LogP contribution in [0.15, 0.2) is 24.3 Å². The van der Waals surface area contributed by atoms with Crippen molar-refractivity contribution in [3.8, 4) is 0 Å². The highest BCUT2D eigenvalue weighted by atomic mass is 32.1. The molecule has 0 radical (unpaired) electrons. The van der Waals surface area contributed by atoms with Gasteiger partial charge in [-0.2, -0.15) is 0 Å². The Morgan fingerprint density at radius 1 is 1.29 bits per heavy atom. The maximum absolute atomic E-state index is 4.89. The Morgan fingerprint density at radius 2 is 2.10 bits per heavy atom. The molecule has 3 rings (SSSR count). The van der Waals surface area contributed by atoms with E-state index in [9.17, 15) is 0 Å². The first-order valence-corrected chi connectivity index (χ1v) is 8.58. The van der Waals surface area contributed by atoms with E-state index in [-0.39, 0.29) is 0 Å². The fraction of sp³-hybridized carbons (Fsp3) is 0.471. The second-order valence-corrected chi connectivity index (χ2v) is 6.61. The Morgan fingerprint density at radius 3 is 2.86 bits per heavy atom. The van der Waals surface area contributed by atoms with Crippen LogP contribution in [0.3, 0.4) is 0 Å². The third-order valence-electron chi connectivity index (χ3n) is 4.06. The molecule has 0 amide bonds. The van der Waals surface area contributed by atoms with Crippen molar-refractivity contribution < 1.29 is 0 Å². The molecule has 2 aromatic rings. The molecule has 0 fully saturated rings. The van der Waals surface area contributed by atoms with Gasteiger partial charge in [-0.25, -0.2) is 4.98 Å². The van der Waals surface area contributed by atoms with Crippen LogP contribution in [0.1, 0.15) is 35.0 Å². The zero-order valence-electron chi connectivity index (χ0n) is 12.9. The first-order valence-electron chi connectivity index (χ1n) is 7.76. The van der Waals surface area contributed by atoms with Crippen LogP contribution in [0.5, 0.6) is 0 Å². The minimum Gasteiger partial charge on any atom is -0.344 e. The van der Waals surface area contributed by atoms with Gasteiger partial charge < -0.3 is 10.2 Å². The normalized spacial score (nSPS) is 14.9. The molecule has 0 bridgehead atoms. The average Bonchev–Trinajstić information content (AvgIpc) is 2.78. The fourth-order valence-electron chi connectivity index (χ4n) is 2.94. The highest BCUT2D eigenvalue weighted by Gasteiger charge is 2.19. The van der Waals surface area contributed by atoms with Gasteiger partial charge in [0.05, 0.1) is 5.69 Å². The van der Waals surface area contributed by atoms with Crippen LogP contribution >= 0.6 is 11.3 Å². The summed E-state index contributed by atoms with van der Waals surface area (Å²) in [7, 11) is 2.00. The molecule has 0 aliphatic carbocycles. The van der Waals surface area contributed by atoms with E-state index in [4.69, 9.17) is 4.98 Å². The van der Waals surface area contributed by atoms with E-state index in [0.717, 1.165) is 26.1 Å². The molecule has 0 atom stereocenters. The summed E-state index contributed by atoms with van der Waals surface area (Å²) in [6.07, 6.45) is 3.40. The van der Waals surface area contributed by atoms with E-state index in [2.05, 4.69) is 41.4 Å². The van der Waals surface area contributed by atoms with Crippen LogP contribution in [0, 0.1) is 0 Å². The first kappa shape index (κ1) is 14.5. The van der Waals surface area contributed by atoms with E-state index in [1.165, 1.54) is 39.7 Å². The zero-order chi connectivity index (χ0) is 14.7. The van der Waals surface area contributed by atoms with Crippen molar-refractivity contribution in [3.05, 3.63) is 46.0 Å². The van der Waals surface area contributed by atoms with E-state index >= 15 is 0 Å². The Kier molecular flexibility index (Phi) is 4.56. The molecule has 1 aliphatic rings. The minimum absolute atomic E-state index is 0.922. The quantitative estimate of drug-likeness (QED) is 0.938. The minimum atomic E-state index is 0.922. The molecule has 0 saturated carbocycles. The molecule has 2 heterocycles. The smallest absolute Gasteiger partial charge is 0.186 e. The highest BCUT2D eigenvalue weighted by molar-refractivity contribution is 7.15. The maximum atomic E-state index is 4.89. The lowest BCUT2D eigenvalue weighted by molar-refractivity contribution is 0.759. The van der Waals surface area contributed by atoms with Crippen LogP contribution < -0.4 is 10.2 Å². The molecule has 4 heteroatoms. The molecule has 21 heavy (non-hydrogen) atoms. The van der Waals surface area contributed by atoms with Gasteiger partial charge in [0.2, 0.25) is 0 Å². The van der Waals surface area contributed by atoms with Crippen LogP contribution in [-0.2, 0) is 25.9 Å². The van der Waals surface area contributed by atoms with Gasteiger partial charge in [-0.15, -0.1) is 11.3 Å². The molecule has 1 aromatic heterocycles. The van der Waals surface area contributed by atoms with Crippen molar-refractivity contribution >= 4 is 16.5 Å². The Balaban J connectivity index is 1.87. The van der Waals surface area contributed by atoms with Gasteiger partial charge in [0, 0.05) is 24.5 Å². The Hall–Kier alpha value is -1.39. The van der Waals surface area contributed by atoms with E-state index in [0.29, 0.717) is 0 Å². The summed E-state index contributed by atoms with van der Waals surface area (Å²) in [5, 5.41) is 4.44. The molecule has 0 unspecified atom stereocenters. The van der Waals surface area contributed by atoms with E-state index in [1.807, 2.05) is 18.4 Å². The standard InChI is InChI=1S/C17H23N3S/c1-3-15-16(11-18-2)21-17(19-15)20-10-6-9-13-7-4-5-8-14(13)12-20/h4-5,7-8,18H,3,6,9-12H2,1-2H3. The van der Waals surface area contributed by atoms with Gasteiger partial charge in [0.1, 0.15) is 0 Å². The molecular formula is C17H23N3S. The number of rotatable bonds is 4. The number of anilines is 1. The summed E-state index contributed by atoms with van der Waals surface area (Å²) in [5.41, 5.74) is 4.21. The molecule has 0 spiro atoms. The SMILES string of the molecule is CCc1nc(N2CCCc3ccccc3C2)sc1CNC. The maximum Gasteiger partial charge on any atom is 0.186 e. The Labute approximate surface area is 131 Å². The van der Waals surface area contributed by atoms with E-state index in [1.54, 1.807) is 0 Å². The molecule has 3 nitrogen and oxygen atoms in total. The largest absolute Gasteiger partial charge is 0.344 e. The van der Waals surface area contributed by atoms with Gasteiger partial charge in [-0.05, 0) is 37.4 Å². The summed E-state index contributed by atoms with van der Waals surface area (Å²) >= 11 is 1.85. The van der Waals surface area contributed by atoms with Gasteiger partial charge in [0.15, 0.2) is 5.13 Å². The molecular weight excluding hydrogens is 278 g/mol. The predicted octanol–water partition coefficient (Wildman–Crippen LogP) is 3.38. The number of nitrogens with one attached hydrogen (secondary N) is 1. The third kappa shape index (κ3) is 3.11. The monoisotopic (exact) mass is 301 g/mol. The topological polar surface area (TPSA) is 28.2 Å². The zero-order valence-corrected chi connectivity index (χ0v) is 13.7. The molecule has 1 aromatic carbocycles. The fourth-order valence-corrected chi connectivity index (χ4v) is 4.13. The second kappa shape index (κ2) is 6.58. The average molecular weight is 301 g/mol. The van der Waals surface area contributed by atoms with Crippen LogP contribution in [0.25, 0.3) is 0 Å². The molecule has 1 aliphatic heterocycles. The van der Waals surface area contributed by atoms with Crippen LogP contribution in [-0.4, -0.2) is 18.6 Å².